The highest BCUT2D eigenvalue weighted by Gasteiger charge is 2.25. The molecule has 0 aliphatic carbocycles. The van der Waals surface area contributed by atoms with Crippen molar-refractivity contribution in [1.82, 2.24) is 10.7 Å². The average Bonchev–Trinajstić information content (AvgIpc) is 2.93. The Kier molecular flexibility index (Phi) is 9.68. The molecular formula is C28H27N5O7. The molecule has 0 atom stereocenters. The predicted molar refractivity (Wildman–Crippen MR) is 149 cm³/mol. The van der Waals surface area contributed by atoms with Gasteiger partial charge < -0.3 is 19.7 Å². The van der Waals surface area contributed by atoms with Gasteiger partial charge in [0, 0.05) is 32.3 Å². The minimum atomic E-state index is -0.775. The lowest BCUT2D eigenvalue weighted by atomic mass is 10.1. The molecule has 206 valence electrons. The van der Waals surface area contributed by atoms with Crippen LogP contribution in [-0.2, 0) is 9.59 Å². The number of rotatable bonds is 10. The van der Waals surface area contributed by atoms with Crippen molar-refractivity contribution in [1.29, 1.82) is 0 Å². The Balaban J connectivity index is 1.90. The van der Waals surface area contributed by atoms with Crippen LogP contribution in [-0.4, -0.2) is 50.1 Å². The third-order valence-corrected chi connectivity index (χ3v) is 5.39. The maximum absolute atomic E-state index is 13.1. The first kappa shape index (κ1) is 29.0. The lowest BCUT2D eigenvalue weighted by Crippen LogP contribution is -2.32. The number of anilines is 1. The van der Waals surface area contributed by atoms with Crippen molar-refractivity contribution in [2.45, 2.75) is 6.92 Å². The largest absolute Gasteiger partial charge is 0.488 e. The molecule has 0 aliphatic rings. The summed E-state index contributed by atoms with van der Waals surface area (Å²) in [5.74, 6) is -2.40. The first-order valence-corrected chi connectivity index (χ1v) is 11.8. The maximum atomic E-state index is 13.1. The number of amides is 2. The van der Waals surface area contributed by atoms with Gasteiger partial charge >= 0.3 is 11.7 Å². The second-order valence-electron chi connectivity index (χ2n) is 8.45. The topological polar surface area (TPSA) is 152 Å². The van der Waals surface area contributed by atoms with Crippen molar-refractivity contribution in [3.8, 4) is 11.5 Å². The molecule has 2 amide bonds. The molecule has 0 heterocycles. The van der Waals surface area contributed by atoms with E-state index in [0.29, 0.717) is 11.1 Å². The van der Waals surface area contributed by atoms with E-state index >= 15 is 0 Å². The van der Waals surface area contributed by atoms with E-state index in [1.165, 1.54) is 25.3 Å². The summed E-state index contributed by atoms with van der Waals surface area (Å²) in [5, 5.41) is 18.2. The molecule has 0 unspecified atom stereocenters. The van der Waals surface area contributed by atoms with Crippen molar-refractivity contribution in [2.24, 2.45) is 5.10 Å². The minimum absolute atomic E-state index is 0.0313. The number of ether oxygens (including phenoxy) is 2. The molecule has 0 spiro atoms. The number of carbonyl (C=O) groups excluding carboxylic acids is 3. The number of hydrazone groups is 1. The monoisotopic (exact) mass is 545 g/mol. The quantitative estimate of drug-likeness (QED) is 0.0980. The zero-order valence-electron chi connectivity index (χ0n) is 22.2. The molecule has 12 heteroatoms. The Labute approximate surface area is 230 Å². The van der Waals surface area contributed by atoms with Crippen molar-refractivity contribution < 1.29 is 28.8 Å². The van der Waals surface area contributed by atoms with E-state index in [4.69, 9.17) is 9.47 Å². The summed E-state index contributed by atoms with van der Waals surface area (Å²) in [7, 11) is 4.98. The Morgan fingerprint density at radius 3 is 2.25 bits per heavy atom. The number of esters is 1. The molecule has 3 aromatic rings. The third kappa shape index (κ3) is 7.51. The van der Waals surface area contributed by atoms with Crippen LogP contribution in [0.25, 0.3) is 6.08 Å². The van der Waals surface area contributed by atoms with E-state index < -0.39 is 28.4 Å². The third-order valence-electron chi connectivity index (χ3n) is 5.39. The molecule has 2 N–H and O–H groups in total. The standard InChI is InChI=1S/C28H27N5O7/c1-18(34)40-24-15-12-21(25(33(37)38)26(24)39-4)17-29-31-28(36)23(30-27(35)20-8-6-5-7-9-20)16-19-10-13-22(14-11-19)32(2)3/h5-17H,1-4H3,(H,30,35)(H,31,36)/b23-16-,29-17-. The van der Waals surface area contributed by atoms with E-state index in [9.17, 15) is 24.5 Å². The molecule has 12 nitrogen and oxygen atoms in total. The second-order valence-corrected chi connectivity index (χ2v) is 8.45. The molecule has 0 radical (unpaired) electrons. The highest BCUT2D eigenvalue weighted by atomic mass is 16.6. The van der Waals surface area contributed by atoms with Crippen LogP contribution in [0.3, 0.4) is 0 Å². The Hall–Kier alpha value is -5.52. The smallest absolute Gasteiger partial charge is 0.323 e. The van der Waals surface area contributed by atoms with Gasteiger partial charge in [-0.25, -0.2) is 5.43 Å². The van der Waals surface area contributed by atoms with Crippen molar-refractivity contribution >= 4 is 41.4 Å². The van der Waals surface area contributed by atoms with Crippen LogP contribution in [0.5, 0.6) is 11.5 Å². The predicted octanol–water partition coefficient (Wildman–Crippen LogP) is 3.52. The molecule has 0 saturated heterocycles. The van der Waals surface area contributed by atoms with Crippen molar-refractivity contribution in [3.63, 3.8) is 0 Å². The summed E-state index contributed by atoms with van der Waals surface area (Å²) < 4.78 is 10.1. The van der Waals surface area contributed by atoms with Gasteiger partial charge in [0.25, 0.3) is 11.8 Å². The number of hydrogen-bond donors (Lipinski definition) is 2. The van der Waals surface area contributed by atoms with Crippen LogP contribution in [0.2, 0.25) is 0 Å². The second kappa shape index (κ2) is 13.3. The molecule has 0 aliphatic heterocycles. The first-order valence-electron chi connectivity index (χ1n) is 11.8. The lowest BCUT2D eigenvalue weighted by molar-refractivity contribution is -0.385. The number of nitro groups is 1. The molecule has 0 bridgehead atoms. The molecule has 3 rings (SSSR count). The van der Waals surface area contributed by atoms with Crippen LogP contribution in [0.15, 0.2) is 77.5 Å². The van der Waals surface area contributed by atoms with Gasteiger partial charge in [-0.3, -0.25) is 24.5 Å². The van der Waals surface area contributed by atoms with Gasteiger partial charge in [-0.05, 0) is 48.0 Å². The summed E-state index contributed by atoms with van der Waals surface area (Å²) in [5.41, 5.74) is 3.53. The zero-order chi connectivity index (χ0) is 29.2. The van der Waals surface area contributed by atoms with E-state index in [-0.39, 0.29) is 22.8 Å². The van der Waals surface area contributed by atoms with Crippen LogP contribution in [0.1, 0.15) is 28.4 Å². The number of hydrogen-bond acceptors (Lipinski definition) is 9. The van der Waals surface area contributed by atoms with Crippen LogP contribution < -0.4 is 25.1 Å². The molecular weight excluding hydrogens is 518 g/mol. The summed E-state index contributed by atoms with van der Waals surface area (Å²) >= 11 is 0. The fourth-order valence-corrected chi connectivity index (χ4v) is 3.49. The summed E-state index contributed by atoms with van der Waals surface area (Å²) in [6, 6.07) is 18.2. The highest BCUT2D eigenvalue weighted by molar-refractivity contribution is 6.05. The van der Waals surface area contributed by atoms with E-state index in [1.54, 1.807) is 42.5 Å². The Morgan fingerprint density at radius 1 is 1.00 bits per heavy atom. The number of nitrogens with zero attached hydrogens (tertiary/aromatic N) is 3. The first-order chi connectivity index (χ1) is 19.1. The van der Waals surface area contributed by atoms with E-state index in [2.05, 4.69) is 15.8 Å². The van der Waals surface area contributed by atoms with Gasteiger partial charge in [-0.15, -0.1) is 0 Å². The van der Waals surface area contributed by atoms with Gasteiger partial charge in [0.05, 0.1) is 23.8 Å². The number of carbonyl (C=O) groups is 3. The summed E-state index contributed by atoms with van der Waals surface area (Å²) in [6.07, 6.45) is 2.52. The van der Waals surface area contributed by atoms with Crippen LogP contribution in [0, 0.1) is 10.1 Å². The SMILES string of the molecule is COc1c(OC(C)=O)ccc(/C=N\NC(=O)/C(=C/c2ccc(N(C)C)cc2)NC(=O)c2ccccc2)c1[N+](=O)[O-]. The maximum Gasteiger partial charge on any atom is 0.323 e. The zero-order valence-corrected chi connectivity index (χ0v) is 22.2. The fraction of sp³-hybridized carbons (Fsp3) is 0.143. The van der Waals surface area contributed by atoms with Gasteiger partial charge in [0.2, 0.25) is 5.75 Å². The van der Waals surface area contributed by atoms with Gasteiger partial charge in [0.1, 0.15) is 5.70 Å². The van der Waals surface area contributed by atoms with Gasteiger partial charge in [-0.2, -0.15) is 5.10 Å². The van der Waals surface area contributed by atoms with Gasteiger partial charge in [0.15, 0.2) is 5.75 Å². The van der Waals surface area contributed by atoms with E-state index in [1.807, 2.05) is 31.1 Å². The lowest BCUT2D eigenvalue weighted by Gasteiger charge is -2.13. The minimum Gasteiger partial charge on any atom is -0.488 e. The van der Waals surface area contributed by atoms with Crippen LogP contribution >= 0.6 is 0 Å². The number of benzene rings is 3. The van der Waals surface area contributed by atoms with E-state index in [0.717, 1.165) is 18.8 Å². The molecule has 0 fully saturated rings. The number of nitrogens with one attached hydrogen (secondary N) is 2. The summed E-state index contributed by atoms with van der Waals surface area (Å²) in [6.45, 7) is 1.15. The van der Waals surface area contributed by atoms with Crippen molar-refractivity contribution in [3.05, 3.63) is 99.2 Å². The average molecular weight is 546 g/mol. The molecule has 0 saturated carbocycles. The Morgan fingerprint density at radius 2 is 1.68 bits per heavy atom. The normalized spacial score (nSPS) is 11.1. The van der Waals surface area contributed by atoms with Crippen molar-refractivity contribution in [2.75, 3.05) is 26.1 Å². The van der Waals surface area contributed by atoms with Gasteiger partial charge in [-0.1, -0.05) is 30.3 Å². The number of methoxy groups -OCH3 is 1. The molecule has 40 heavy (non-hydrogen) atoms. The highest BCUT2D eigenvalue weighted by Crippen LogP contribution is 2.39. The number of nitro benzene ring substituents is 1. The Bertz CT molecular complexity index is 1470. The van der Waals surface area contributed by atoms with Crippen LogP contribution in [0.4, 0.5) is 11.4 Å². The fourth-order valence-electron chi connectivity index (χ4n) is 3.49. The summed E-state index contributed by atoms with van der Waals surface area (Å²) in [4.78, 5) is 50.1. The molecule has 0 aromatic heterocycles. The molecule has 3 aromatic carbocycles.